The summed E-state index contributed by atoms with van der Waals surface area (Å²) < 4.78 is 0. The van der Waals surface area contributed by atoms with Crippen LogP contribution in [0.5, 0.6) is 0 Å². The molecule has 0 aromatic heterocycles. The lowest BCUT2D eigenvalue weighted by Crippen LogP contribution is -2.59. The van der Waals surface area contributed by atoms with Gasteiger partial charge < -0.3 is 15.5 Å². The molecule has 0 aliphatic carbocycles. The van der Waals surface area contributed by atoms with Crippen LogP contribution in [0, 0.1) is 5.41 Å². The van der Waals surface area contributed by atoms with E-state index in [9.17, 15) is 4.79 Å². The van der Waals surface area contributed by atoms with Crippen molar-refractivity contribution < 1.29 is 4.79 Å². The molecule has 5 nitrogen and oxygen atoms in total. The summed E-state index contributed by atoms with van der Waals surface area (Å²) in [6.45, 7) is 18.1. The third kappa shape index (κ3) is 5.73. The maximum Gasteiger partial charge on any atom is 0.223 e. The Kier molecular flexibility index (Phi) is 6.09. The second-order valence-corrected chi connectivity index (χ2v) is 8.98. The lowest BCUT2D eigenvalue weighted by Gasteiger charge is -2.45. The summed E-state index contributed by atoms with van der Waals surface area (Å²) in [7, 11) is 0. The van der Waals surface area contributed by atoms with Crippen LogP contribution in [0.2, 0.25) is 0 Å². The van der Waals surface area contributed by atoms with Crippen molar-refractivity contribution in [3.8, 4) is 0 Å². The van der Waals surface area contributed by atoms with E-state index in [0.717, 1.165) is 52.2 Å². The molecule has 1 unspecified atom stereocenters. The van der Waals surface area contributed by atoms with Gasteiger partial charge >= 0.3 is 0 Å². The lowest BCUT2D eigenvalue weighted by molar-refractivity contribution is -0.134. The summed E-state index contributed by atoms with van der Waals surface area (Å²) in [6, 6.07) is 0.401. The molecule has 2 saturated heterocycles. The van der Waals surface area contributed by atoms with Gasteiger partial charge in [0.15, 0.2) is 0 Å². The number of hydrogen-bond donors (Lipinski definition) is 2. The molecule has 1 amide bonds. The molecule has 1 atom stereocenters. The van der Waals surface area contributed by atoms with Crippen molar-refractivity contribution in [2.45, 2.75) is 59.0 Å². The van der Waals surface area contributed by atoms with Gasteiger partial charge in [0, 0.05) is 63.8 Å². The van der Waals surface area contributed by atoms with Crippen LogP contribution >= 0.6 is 0 Å². The number of rotatable bonds is 4. The van der Waals surface area contributed by atoms with Crippen molar-refractivity contribution in [1.82, 2.24) is 20.4 Å². The van der Waals surface area contributed by atoms with E-state index in [1.165, 1.54) is 0 Å². The molecule has 5 heteroatoms. The monoisotopic (exact) mass is 324 g/mol. The molecule has 2 aliphatic rings. The maximum atomic E-state index is 12.5. The molecule has 0 spiro atoms. The minimum absolute atomic E-state index is 0.0670. The Morgan fingerprint density at radius 3 is 2.30 bits per heavy atom. The second-order valence-electron chi connectivity index (χ2n) is 8.98. The third-order valence-corrected chi connectivity index (χ3v) is 5.01. The van der Waals surface area contributed by atoms with Gasteiger partial charge in [0.1, 0.15) is 0 Å². The van der Waals surface area contributed by atoms with Crippen LogP contribution in [-0.4, -0.2) is 73.1 Å². The fraction of sp³-hybridized carbons (Fsp3) is 0.944. The predicted octanol–water partition coefficient (Wildman–Crippen LogP) is 1.30. The highest BCUT2D eigenvalue weighted by molar-refractivity contribution is 5.77. The number of nitrogens with zero attached hydrogens (tertiary/aromatic N) is 2. The highest BCUT2D eigenvalue weighted by atomic mass is 16.2. The number of hydrogen-bond acceptors (Lipinski definition) is 4. The van der Waals surface area contributed by atoms with E-state index in [4.69, 9.17) is 0 Å². The highest BCUT2D eigenvalue weighted by Crippen LogP contribution is 2.24. The zero-order valence-electron chi connectivity index (χ0n) is 15.7. The average Bonchev–Trinajstić information content (AvgIpc) is 2.46. The normalized spacial score (nSPS) is 24.7. The van der Waals surface area contributed by atoms with Crippen molar-refractivity contribution in [2.24, 2.45) is 5.41 Å². The van der Waals surface area contributed by atoms with Gasteiger partial charge in [-0.2, -0.15) is 0 Å². The number of amides is 1. The van der Waals surface area contributed by atoms with Crippen molar-refractivity contribution >= 4 is 5.91 Å². The molecule has 23 heavy (non-hydrogen) atoms. The molecule has 0 aromatic rings. The summed E-state index contributed by atoms with van der Waals surface area (Å²) in [6.07, 6.45) is 1.73. The minimum atomic E-state index is 0.0670. The first-order valence-electron chi connectivity index (χ1n) is 9.14. The Morgan fingerprint density at radius 1 is 1.04 bits per heavy atom. The Labute approximate surface area is 142 Å². The van der Waals surface area contributed by atoms with Crippen LogP contribution in [-0.2, 0) is 4.79 Å². The summed E-state index contributed by atoms with van der Waals surface area (Å²) in [4.78, 5) is 17.2. The fourth-order valence-electron chi connectivity index (χ4n) is 3.76. The van der Waals surface area contributed by atoms with Crippen LogP contribution < -0.4 is 10.6 Å². The molecule has 0 saturated carbocycles. The summed E-state index contributed by atoms with van der Waals surface area (Å²) in [5.74, 6) is 0.309. The van der Waals surface area contributed by atoms with E-state index in [-0.39, 0.29) is 11.0 Å². The van der Waals surface area contributed by atoms with E-state index >= 15 is 0 Å². The largest absolute Gasteiger partial charge is 0.340 e. The van der Waals surface area contributed by atoms with Crippen LogP contribution in [0.25, 0.3) is 0 Å². The topological polar surface area (TPSA) is 47.6 Å². The maximum absolute atomic E-state index is 12.5. The Bertz CT molecular complexity index is 396. The van der Waals surface area contributed by atoms with Gasteiger partial charge in [-0.05, 0) is 25.7 Å². The van der Waals surface area contributed by atoms with Crippen molar-refractivity contribution in [3.63, 3.8) is 0 Å². The summed E-state index contributed by atoms with van der Waals surface area (Å²) >= 11 is 0. The van der Waals surface area contributed by atoms with Gasteiger partial charge in [-0.25, -0.2) is 0 Å². The zero-order valence-corrected chi connectivity index (χ0v) is 15.7. The summed E-state index contributed by atoms with van der Waals surface area (Å²) in [5.41, 5.74) is 0.243. The van der Waals surface area contributed by atoms with E-state index < -0.39 is 0 Å². The van der Waals surface area contributed by atoms with Crippen LogP contribution in [0.3, 0.4) is 0 Å². The highest BCUT2D eigenvalue weighted by Gasteiger charge is 2.33. The molecule has 2 rings (SSSR count). The zero-order chi connectivity index (χ0) is 17.1. The SMILES string of the molecule is CC(C)(C)CC(=O)N1CCNC(CC(C)(C)N2CCNCC2)C1. The van der Waals surface area contributed by atoms with E-state index in [1.807, 2.05) is 0 Å². The Balaban J connectivity index is 1.89. The van der Waals surface area contributed by atoms with Crippen LogP contribution in [0.1, 0.15) is 47.5 Å². The molecule has 2 fully saturated rings. The standard InChI is InChI=1S/C18H36N4O/c1-17(2,3)13-16(23)21-9-8-20-15(14-21)12-18(4,5)22-10-6-19-7-11-22/h15,19-20H,6-14H2,1-5H3. The first-order chi connectivity index (χ1) is 10.7. The molecule has 0 bridgehead atoms. The second kappa shape index (κ2) is 7.49. The molecule has 0 radical (unpaired) electrons. The number of carbonyl (C=O) groups excluding carboxylic acids is 1. The van der Waals surface area contributed by atoms with Crippen LogP contribution in [0.15, 0.2) is 0 Å². The molecular weight excluding hydrogens is 288 g/mol. The van der Waals surface area contributed by atoms with E-state index in [2.05, 4.69) is 55.1 Å². The lowest BCUT2D eigenvalue weighted by atomic mass is 9.89. The van der Waals surface area contributed by atoms with Crippen LogP contribution in [0.4, 0.5) is 0 Å². The molecule has 2 N–H and O–H groups in total. The van der Waals surface area contributed by atoms with Gasteiger partial charge in [-0.3, -0.25) is 9.69 Å². The van der Waals surface area contributed by atoms with Crippen molar-refractivity contribution in [3.05, 3.63) is 0 Å². The Hall–Kier alpha value is -0.650. The smallest absolute Gasteiger partial charge is 0.223 e. The van der Waals surface area contributed by atoms with Crippen molar-refractivity contribution in [1.29, 1.82) is 0 Å². The number of carbonyl (C=O) groups is 1. The van der Waals surface area contributed by atoms with Crippen molar-refractivity contribution in [2.75, 3.05) is 45.8 Å². The first-order valence-corrected chi connectivity index (χ1v) is 9.14. The predicted molar refractivity (Wildman–Crippen MR) is 95.6 cm³/mol. The molecule has 2 aliphatic heterocycles. The van der Waals surface area contributed by atoms with E-state index in [1.54, 1.807) is 0 Å². The minimum Gasteiger partial charge on any atom is -0.340 e. The summed E-state index contributed by atoms with van der Waals surface area (Å²) in [5, 5.41) is 7.05. The quantitative estimate of drug-likeness (QED) is 0.818. The number of nitrogens with one attached hydrogen (secondary N) is 2. The van der Waals surface area contributed by atoms with Gasteiger partial charge in [0.2, 0.25) is 5.91 Å². The molecule has 2 heterocycles. The average molecular weight is 325 g/mol. The van der Waals surface area contributed by atoms with E-state index in [0.29, 0.717) is 18.4 Å². The van der Waals surface area contributed by atoms with Gasteiger partial charge in [-0.1, -0.05) is 20.8 Å². The fourth-order valence-corrected chi connectivity index (χ4v) is 3.76. The van der Waals surface area contributed by atoms with Gasteiger partial charge in [0.05, 0.1) is 0 Å². The molecule has 134 valence electrons. The first kappa shape index (κ1) is 18.7. The van der Waals surface area contributed by atoms with Gasteiger partial charge in [-0.15, -0.1) is 0 Å². The molecule has 0 aromatic carbocycles. The third-order valence-electron chi connectivity index (χ3n) is 5.01. The molecular formula is C18H36N4O. The number of piperazine rings is 2. The Morgan fingerprint density at radius 2 is 1.70 bits per heavy atom. The van der Waals surface area contributed by atoms with Gasteiger partial charge in [0.25, 0.3) is 0 Å².